The average Bonchev–Trinajstić information content (AvgIpc) is 2.40. The van der Waals surface area contributed by atoms with E-state index in [9.17, 15) is 5.11 Å². The third kappa shape index (κ3) is 3.72. The van der Waals surface area contributed by atoms with Gasteiger partial charge in [-0.05, 0) is 43.9 Å². The molecule has 0 aliphatic carbocycles. The summed E-state index contributed by atoms with van der Waals surface area (Å²) in [6.45, 7) is 3.43. The second-order valence-electron chi connectivity index (χ2n) is 4.75. The molecule has 0 amide bonds. The summed E-state index contributed by atoms with van der Waals surface area (Å²) >= 11 is 0. The van der Waals surface area contributed by atoms with Crippen LogP contribution in [0.25, 0.3) is 0 Å². The molecule has 0 aromatic heterocycles. The minimum absolute atomic E-state index is 0.199. The highest BCUT2D eigenvalue weighted by atomic mass is 16.5. The number of ether oxygens (including phenoxy) is 2. The summed E-state index contributed by atoms with van der Waals surface area (Å²) in [5, 5.41) is 10.2. The highest BCUT2D eigenvalue weighted by molar-refractivity contribution is 5.29. The Morgan fingerprint density at radius 2 is 2.33 bits per heavy atom. The zero-order valence-corrected chi connectivity index (χ0v) is 11.0. The fraction of sp³-hybridized carbons (Fsp3) is 0.600. The van der Waals surface area contributed by atoms with Crippen molar-refractivity contribution in [2.24, 2.45) is 0 Å². The molecule has 0 spiro atoms. The number of aliphatic hydroxyl groups is 1. The summed E-state index contributed by atoms with van der Waals surface area (Å²) in [5.41, 5.74) is 0.912. The molecule has 3 nitrogen and oxygen atoms in total. The second-order valence-corrected chi connectivity index (χ2v) is 4.75. The van der Waals surface area contributed by atoms with Gasteiger partial charge in [-0.2, -0.15) is 0 Å². The molecule has 0 bridgehead atoms. The molecule has 3 heteroatoms. The first-order valence-electron chi connectivity index (χ1n) is 6.82. The number of rotatable bonds is 5. The Hall–Kier alpha value is -1.06. The smallest absolute Gasteiger partial charge is 0.119 e. The van der Waals surface area contributed by atoms with Crippen LogP contribution in [0.1, 0.15) is 44.3 Å². The summed E-state index contributed by atoms with van der Waals surface area (Å²) in [6, 6.07) is 7.69. The molecule has 1 aromatic rings. The topological polar surface area (TPSA) is 38.7 Å². The Morgan fingerprint density at radius 3 is 3.06 bits per heavy atom. The van der Waals surface area contributed by atoms with Crippen molar-refractivity contribution >= 4 is 0 Å². The lowest BCUT2D eigenvalue weighted by atomic mass is 9.99. The molecular formula is C15H22O3. The van der Waals surface area contributed by atoms with Crippen molar-refractivity contribution in [3.8, 4) is 5.75 Å². The van der Waals surface area contributed by atoms with Crippen LogP contribution in [0, 0.1) is 0 Å². The van der Waals surface area contributed by atoms with Gasteiger partial charge in [0, 0.05) is 13.0 Å². The number of hydrogen-bond acceptors (Lipinski definition) is 3. The molecule has 100 valence electrons. The maximum Gasteiger partial charge on any atom is 0.119 e. The molecular weight excluding hydrogens is 228 g/mol. The van der Waals surface area contributed by atoms with E-state index >= 15 is 0 Å². The zero-order valence-electron chi connectivity index (χ0n) is 11.0. The Morgan fingerprint density at radius 1 is 1.44 bits per heavy atom. The Labute approximate surface area is 109 Å². The first-order chi connectivity index (χ1) is 8.79. The van der Waals surface area contributed by atoms with E-state index in [-0.39, 0.29) is 6.10 Å². The SMILES string of the molecule is CCOc1cccc(C(O)CC2CCCCO2)c1. The standard InChI is InChI=1S/C15H22O3/c1-2-17-13-8-5-6-12(10-13)15(16)11-14-7-3-4-9-18-14/h5-6,8,10,14-16H,2-4,7,9,11H2,1H3. The number of benzene rings is 1. The van der Waals surface area contributed by atoms with Gasteiger partial charge < -0.3 is 14.6 Å². The lowest BCUT2D eigenvalue weighted by Gasteiger charge is -2.25. The van der Waals surface area contributed by atoms with Gasteiger partial charge >= 0.3 is 0 Å². The summed E-state index contributed by atoms with van der Waals surface area (Å²) < 4.78 is 11.1. The van der Waals surface area contributed by atoms with Gasteiger partial charge in [0.15, 0.2) is 0 Å². The largest absolute Gasteiger partial charge is 0.494 e. The van der Waals surface area contributed by atoms with Gasteiger partial charge in [0.2, 0.25) is 0 Å². The molecule has 0 saturated carbocycles. The van der Waals surface area contributed by atoms with E-state index < -0.39 is 6.10 Å². The van der Waals surface area contributed by atoms with Crippen LogP contribution >= 0.6 is 0 Å². The zero-order chi connectivity index (χ0) is 12.8. The van der Waals surface area contributed by atoms with Gasteiger partial charge in [0.05, 0.1) is 18.8 Å². The van der Waals surface area contributed by atoms with E-state index in [4.69, 9.17) is 9.47 Å². The summed E-state index contributed by atoms with van der Waals surface area (Å²) in [4.78, 5) is 0. The van der Waals surface area contributed by atoms with E-state index in [1.165, 1.54) is 6.42 Å². The second kappa shape index (κ2) is 6.76. The predicted molar refractivity (Wildman–Crippen MR) is 70.8 cm³/mol. The summed E-state index contributed by atoms with van der Waals surface area (Å²) in [6.07, 6.45) is 3.82. The Bertz CT molecular complexity index is 359. The van der Waals surface area contributed by atoms with Crippen LogP contribution in [0.2, 0.25) is 0 Å². The van der Waals surface area contributed by atoms with Gasteiger partial charge in [-0.1, -0.05) is 12.1 Å². The van der Waals surface area contributed by atoms with Crippen molar-refractivity contribution in [2.75, 3.05) is 13.2 Å². The minimum Gasteiger partial charge on any atom is -0.494 e. The molecule has 2 unspecified atom stereocenters. The number of hydrogen-bond donors (Lipinski definition) is 1. The van der Waals surface area contributed by atoms with Crippen LogP contribution in [0.3, 0.4) is 0 Å². The fourth-order valence-corrected chi connectivity index (χ4v) is 2.36. The van der Waals surface area contributed by atoms with Crippen LogP contribution in [0.15, 0.2) is 24.3 Å². The molecule has 1 N–H and O–H groups in total. The van der Waals surface area contributed by atoms with Crippen molar-refractivity contribution < 1.29 is 14.6 Å². The minimum atomic E-state index is -0.464. The van der Waals surface area contributed by atoms with Crippen LogP contribution < -0.4 is 4.74 Å². The van der Waals surface area contributed by atoms with E-state index in [1.807, 2.05) is 31.2 Å². The highest BCUT2D eigenvalue weighted by Gasteiger charge is 2.19. The van der Waals surface area contributed by atoms with Crippen molar-refractivity contribution in [2.45, 2.75) is 44.8 Å². The van der Waals surface area contributed by atoms with Gasteiger partial charge in [-0.15, -0.1) is 0 Å². The molecule has 1 heterocycles. The van der Waals surface area contributed by atoms with E-state index in [0.29, 0.717) is 13.0 Å². The third-order valence-electron chi connectivity index (χ3n) is 3.31. The maximum absolute atomic E-state index is 10.2. The van der Waals surface area contributed by atoms with Gasteiger partial charge in [-0.25, -0.2) is 0 Å². The predicted octanol–water partition coefficient (Wildman–Crippen LogP) is 3.08. The highest BCUT2D eigenvalue weighted by Crippen LogP contribution is 2.26. The van der Waals surface area contributed by atoms with Crippen molar-refractivity contribution in [3.63, 3.8) is 0 Å². The monoisotopic (exact) mass is 250 g/mol. The molecule has 1 saturated heterocycles. The quantitative estimate of drug-likeness (QED) is 0.872. The normalized spacial score (nSPS) is 21.6. The van der Waals surface area contributed by atoms with Gasteiger partial charge in [0.1, 0.15) is 5.75 Å². The molecule has 18 heavy (non-hydrogen) atoms. The molecule has 0 radical (unpaired) electrons. The molecule has 1 aliphatic rings. The first kappa shape index (κ1) is 13.4. The Balaban J connectivity index is 1.94. The van der Waals surface area contributed by atoms with Crippen LogP contribution in [-0.2, 0) is 4.74 Å². The van der Waals surface area contributed by atoms with Crippen LogP contribution in [-0.4, -0.2) is 24.4 Å². The number of aliphatic hydroxyl groups excluding tert-OH is 1. The van der Waals surface area contributed by atoms with Crippen molar-refractivity contribution in [3.05, 3.63) is 29.8 Å². The molecule has 1 aliphatic heterocycles. The Kier molecular flexibility index (Phi) is 5.02. The maximum atomic E-state index is 10.2. The van der Waals surface area contributed by atoms with E-state index in [1.54, 1.807) is 0 Å². The molecule has 1 aromatic carbocycles. The van der Waals surface area contributed by atoms with Crippen LogP contribution in [0.5, 0.6) is 5.75 Å². The summed E-state index contributed by atoms with van der Waals surface area (Å²) in [5.74, 6) is 0.818. The van der Waals surface area contributed by atoms with E-state index in [0.717, 1.165) is 30.8 Å². The lowest BCUT2D eigenvalue weighted by Crippen LogP contribution is -2.21. The van der Waals surface area contributed by atoms with Crippen LogP contribution in [0.4, 0.5) is 0 Å². The molecule has 2 atom stereocenters. The van der Waals surface area contributed by atoms with Crippen molar-refractivity contribution in [1.82, 2.24) is 0 Å². The fourth-order valence-electron chi connectivity index (χ4n) is 2.36. The molecule has 1 fully saturated rings. The molecule has 2 rings (SSSR count). The van der Waals surface area contributed by atoms with Crippen molar-refractivity contribution in [1.29, 1.82) is 0 Å². The van der Waals surface area contributed by atoms with Gasteiger partial charge in [-0.3, -0.25) is 0 Å². The first-order valence-corrected chi connectivity index (χ1v) is 6.82. The lowest BCUT2D eigenvalue weighted by molar-refractivity contribution is -0.0155. The summed E-state index contributed by atoms with van der Waals surface area (Å²) in [7, 11) is 0. The van der Waals surface area contributed by atoms with E-state index in [2.05, 4.69) is 0 Å². The average molecular weight is 250 g/mol. The van der Waals surface area contributed by atoms with Gasteiger partial charge in [0.25, 0.3) is 0 Å². The third-order valence-corrected chi connectivity index (χ3v) is 3.31.